The maximum Gasteiger partial charge on any atom is 0.308 e. The predicted octanol–water partition coefficient (Wildman–Crippen LogP) is 2.65. The van der Waals surface area contributed by atoms with Crippen molar-refractivity contribution in [2.45, 2.75) is 103 Å². The van der Waals surface area contributed by atoms with Gasteiger partial charge in [-0.15, -0.1) is 0 Å². The van der Waals surface area contributed by atoms with Crippen LogP contribution in [0.25, 0.3) is 0 Å². The molecule has 202 valence electrons. The monoisotopic (exact) mass is 508 g/mol. The first kappa shape index (κ1) is 25.9. The molecule has 0 radical (unpaired) electrons. The number of esters is 1. The van der Waals surface area contributed by atoms with Crippen LogP contribution in [0.3, 0.4) is 0 Å². The number of nitrogens with zero attached hydrogens (tertiary/aromatic N) is 1. The van der Waals surface area contributed by atoms with Crippen LogP contribution in [0.5, 0.6) is 0 Å². The lowest BCUT2D eigenvalue weighted by molar-refractivity contribution is -0.576. The molecule has 5 saturated heterocycles. The van der Waals surface area contributed by atoms with E-state index in [1.54, 1.807) is 0 Å². The lowest BCUT2D eigenvalue weighted by Crippen LogP contribution is -2.70. The van der Waals surface area contributed by atoms with Crippen molar-refractivity contribution in [1.82, 2.24) is 10.2 Å². The summed E-state index contributed by atoms with van der Waals surface area (Å²) >= 11 is 0. The number of ether oxygens (including phenoxy) is 3. The smallest absolute Gasteiger partial charge is 0.308 e. The van der Waals surface area contributed by atoms with Crippen LogP contribution in [0.4, 0.5) is 0 Å². The Labute approximate surface area is 212 Å². The van der Waals surface area contributed by atoms with E-state index in [2.05, 4.69) is 12.2 Å². The fraction of sp³-hybridized carbons (Fsp3) is 0.885. The molecule has 5 heterocycles. The molecule has 1 aliphatic carbocycles. The van der Waals surface area contributed by atoms with E-state index in [1.807, 2.05) is 18.7 Å². The van der Waals surface area contributed by atoms with Crippen LogP contribution in [0.2, 0.25) is 0 Å². The van der Waals surface area contributed by atoms with Gasteiger partial charge in [-0.25, -0.2) is 9.78 Å². The fourth-order valence-electron chi connectivity index (χ4n) is 6.94. The highest BCUT2D eigenvalue weighted by molar-refractivity contribution is 5.81. The number of fused-ring (bicyclic) bond motifs is 2. The zero-order valence-electron chi connectivity index (χ0n) is 21.7. The summed E-state index contributed by atoms with van der Waals surface area (Å²) in [5, 5.41) is 2.82. The maximum atomic E-state index is 12.7. The van der Waals surface area contributed by atoms with E-state index in [4.69, 9.17) is 24.0 Å². The Balaban J connectivity index is 1.12. The van der Waals surface area contributed by atoms with Gasteiger partial charge in [0, 0.05) is 50.7 Å². The largest absolute Gasteiger partial charge is 0.435 e. The molecule has 0 aromatic rings. The molecule has 0 unspecified atom stereocenters. The molecule has 1 saturated carbocycles. The molecule has 8 atom stereocenters. The number of carbonyl (C=O) groups is 3. The van der Waals surface area contributed by atoms with Crippen LogP contribution in [0, 0.1) is 23.7 Å². The van der Waals surface area contributed by atoms with Crippen LogP contribution in [0.1, 0.15) is 78.6 Å². The van der Waals surface area contributed by atoms with Crippen LogP contribution >= 0.6 is 0 Å². The van der Waals surface area contributed by atoms with Gasteiger partial charge in [-0.1, -0.05) is 13.8 Å². The van der Waals surface area contributed by atoms with Crippen molar-refractivity contribution < 1.29 is 38.4 Å². The highest BCUT2D eigenvalue weighted by Gasteiger charge is 2.69. The normalized spacial score (nSPS) is 41.5. The molecule has 2 bridgehead atoms. The highest BCUT2D eigenvalue weighted by Crippen LogP contribution is 2.60. The molecule has 2 amide bonds. The zero-order chi connectivity index (χ0) is 25.5. The van der Waals surface area contributed by atoms with Crippen LogP contribution in [0.15, 0.2) is 0 Å². The van der Waals surface area contributed by atoms with Gasteiger partial charge in [0.25, 0.3) is 0 Å². The van der Waals surface area contributed by atoms with Crippen LogP contribution < -0.4 is 5.32 Å². The number of carbonyl (C=O) groups excluding carboxylic acids is 3. The average molecular weight is 509 g/mol. The summed E-state index contributed by atoms with van der Waals surface area (Å²) < 4.78 is 18.3. The SMILES string of the molecule is C[C@H]1[C@H](OC(=O)CCC(=O)NCCCN2CCCC2=O)O[C@@H]2O[C@@]3(C)CC[C@H]4[C@H](C)CC[C@@H]1[C@@]24OO3. The average Bonchev–Trinajstić information content (AvgIpc) is 3.12. The Hall–Kier alpha value is -1.75. The van der Waals surface area contributed by atoms with Gasteiger partial charge in [-0.05, 0) is 50.9 Å². The summed E-state index contributed by atoms with van der Waals surface area (Å²) in [6, 6.07) is 0. The van der Waals surface area contributed by atoms with Crippen molar-refractivity contribution in [1.29, 1.82) is 0 Å². The van der Waals surface area contributed by atoms with Crippen molar-refractivity contribution in [3.63, 3.8) is 0 Å². The van der Waals surface area contributed by atoms with Crippen molar-refractivity contribution in [3.8, 4) is 0 Å². The van der Waals surface area contributed by atoms with E-state index in [1.165, 1.54) is 0 Å². The number of rotatable bonds is 8. The van der Waals surface area contributed by atoms with E-state index in [9.17, 15) is 14.4 Å². The van der Waals surface area contributed by atoms with Gasteiger partial charge in [-0.3, -0.25) is 14.4 Å². The van der Waals surface area contributed by atoms with Crippen molar-refractivity contribution in [2.24, 2.45) is 23.7 Å². The van der Waals surface area contributed by atoms with Gasteiger partial charge in [-0.2, -0.15) is 0 Å². The lowest BCUT2D eigenvalue weighted by Gasteiger charge is -2.59. The third-order valence-corrected chi connectivity index (χ3v) is 9.00. The topological polar surface area (TPSA) is 113 Å². The second-order valence-electron chi connectivity index (χ2n) is 11.5. The molecule has 0 aromatic heterocycles. The lowest BCUT2D eigenvalue weighted by atomic mass is 9.58. The number of hydrogen-bond acceptors (Lipinski definition) is 8. The van der Waals surface area contributed by atoms with E-state index in [0.717, 1.165) is 38.6 Å². The van der Waals surface area contributed by atoms with Crippen molar-refractivity contribution in [2.75, 3.05) is 19.6 Å². The summed E-state index contributed by atoms with van der Waals surface area (Å²) in [5.74, 6) is -0.694. The molecular formula is C26H40N2O8. The number of amides is 2. The minimum atomic E-state index is -0.882. The first-order valence-corrected chi connectivity index (χ1v) is 13.7. The molecule has 1 N–H and O–H groups in total. The summed E-state index contributed by atoms with van der Waals surface area (Å²) in [5.41, 5.74) is -0.699. The molecular weight excluding hydrogens is 468 g/mol. The van der Waals surface area contributed by atoms with Crippen LogP contribution in [-0.2, 0) is 38.4 Å². The predicted molar refractivity (Wildman–Crippen MR) is 126 cm³/mol. The van der Waals surface area contributed by atoms with E-state index in [-0.39, 0.29) is 42.4 Å². The van der Waals surface area contributed by atoms with Crippen molar-refractivity contribution in [3.05, 3.63) is 0 Å². The van der Waals surface area contributed by atoms with Crippen molar-refractivity contribution >= 4 is 17.8 Å². The summed E-state index contributed by atoms with van der Waals surface area (Å²) in [6.45, 7) is 8.07. The number of nitrogens with one attached hydrogen (secondary N) is 1. The van der Waals surface area contributed by atoms with E-state index in [0.29, 0.717) is 31.8 Å². The Morgan fingerprint density at radius 3 is 2.75 bits per heavy atom. The second kappa shape index (κ2) is 10.2. The Kier molecular flexibility index (Phi) is 7.33. The number of likely N-dealkylation sites (tertiary alicyclic amines) is 1. The third-order valence-electron chi connectivity index (χ3n) is 9.00. The fourth-order valence-corrected chi connectivity index (χ4v) is 6.94. The number of hydrogen-bond donors (Lipinski definition) is 1. The Morgan fingerprint density at radius 1 is 1.14 bits per heavy atom. The molecule has 6 aliphatic rings. The van der Waals surface area contributed by atoms with Gasteiger partial charge >= 0.3 is 5.97 Å². The second-order valence-corrected chi connectivity index (χ2v) is 11.5. The van der Waals surface area contributed by atoms with Gasteiger partial charge in [0.2, 0.25) is 23.9 Å². The van der Waals surface area contributed by atoms with Gasteiger partial charge in [0.1, 0.15) is 0 Å². The molecule has 1 spiro atoms. The third kappa shape index (κ3) is 4.77. The summed E-state index contributed by atoms with van der Waals surface area (Å²) in [7, 11) is 0. The van der Waals surface area contributed by atoms with Gasteiger partial charge in [0.05, 0.1) is 6.42 Å². The summed E-state index contributed by atoms with van der Waals surface area (Å²) in [6.07, 6.45) is 4.46. The van der Waals surface area contributed by atoms with E-state index >= 15 is 0 Å². The Bertz CT molecular complexity index is 869. The maximum absolute atomic E-state index is 12.7. The first-order valence-electron chi connectivity index (χ1n) is 13.7. The molecule has 6 fully saturated rings. The Morgan fingerprint density at radius 2 is 1.97 bits per heavy atom. The minimum absolute atomic E-state index is 0.0264. The molecule has 10 heteroatoms. The molecule has 10 nitrogen and oxygen atoms in total. The first-order chi connectivity index (χ1) is 17.2. The molecule has 0 aromatic carbocycles. The van der Waals surface area contributed by atoms with Gasteiger partial charge in [0.15, 0.2) is 11.9 Å². The molecule has 6 rings (SSSR count). The highest BCUT2D eigenvalue weighted by atomic mass is 17.3. The quantitative estimate of drug-likeness (QED) is 0.303. The zero-order valence-corrected chi connectivity index (χ0v) is 21.7. The standard InChI is InChI=1S/C26H40N2O8/c1-16-7-8-19-17(2)23(33-24-26(19)18(16)11-12-25(3,34-24)35-36-26)32-22(31)10-9-20(29)27-13-5-15-28-14-4-6-21(28)30/h16-19,23-24H,4-15H2,1-3H3,(H,27,29)/t16-,17-,18+,19+,23-,24-,25-,26-/m1/s1. The van der Waals surface area contributed by atoms with Gasteiger partial charge < -0.3 is 24.4 Å². The molecule has 36 heavy (non-hydrogen) atoms. The van der Waals surface area contributed by atoms with Crippen LogP contribution in [-0.4, -0.2) is 66.3 Å². The van der Waals surface area contributed by atoms with E-state index < -0.39 is 29.9 Å². The minimum Gasteiger partial charge on any atom is -0.435 e. The molecule has 5 aliphatic heterocycles. The summed E-state index contributed by atoms with van der Waals surface area (Å²) in [4.78, 5) is 50.2.